The highest BCUT2D eigenvalue weighted by Gasteiger charge is 2.19. The second-order valence-electron chi connectivity index (χ2n) is 14.4. The number of hydrogen-bond donors (Lipinski definition) is 0. The highest BCUT2D eigenvalue weighted by Crippen LogP contribution is 2.13. The van der Waals surface area contributed by atoms with Crippen molar-refractivity contribution >= 4 is 17.9 Å². The number of hydrogen-bond acceptors (Lipinski definition) is 6. The average Bonchev–Trinajstić information content (AvgIpc) is 3.19. The van der Waals surface area contributed by atoms with Crippen LogP contribution in [0.3, 0.4) is 0 Å². The van der Waals surface area contributed by atoms with Gasteiger partial charge in [-0.25, -0.2) is 0 Å². The molecule has 0 aromatic heterocycles. The van der Waals surface area contributed by atoms with Crippen molar-refractivity contribution in [2.75, 3.05) is 13.2 Å². The van der Waals surface area contributed by atoms with Gasteiger partial charge in [0.2, 0.25) is 0 Å². The van der Waals surface area contributed by atoms with Gasteiger partial charge >= 0.3 is 17.9 Å². The first-order valence-electron chi connectivity index (χ1n) is 22.3. The lowest BCUT2D eigenvalue weighted by atomic mass is 10.1. The van der Waals surface area contributed by atoms with E-state index in [1.54, 1.807) is 0 Å². The lowest BCUT2D eigenvalue weighted by Crippen LogP contribution is -2.30. The Labute approximate surface area is 343 Å². The molecule has 0 spiro atoms. The highest BCUT2D eigenvalue weighted by atomic mass is 16.6. The maximum atomic E-state index is 12.7. The zero-order valence-corrected chi connectivity index (χ0v) is 35.9. The van der Waals surface area contributed by atoms with Crippen molar-refractivity contribution in [2.45, 2.75) is 187 Å². The summed E-state index contributed by atoms with van der Waals surface area (Å²) in [4.78, 5) is 37.6. The van der Waals surface area contributed by atoms with Gasteiger partial charge in [-0.15, -0.1) is 0 Å². The SMILES string of the molecule is CC\C=C/C=C\C=C/C=C\C=C\C=C/C=C\CCCCCC(=O)OCC(COC(=O)CCCCCCCCCCC)OC(=O)CCCCCC/C=C\CCCC. The molecule has 0 saturated carbocycles. The molecule has 0 N–H and O–H groups in total. The standard InChI is InChI=1S/C50H80O6/c1-4-7-10-13-16-19-21-22-23-24-25-26-27-28-29-32-34-37-40-43-49(52)55-46-47(45-54-48(51)42-39-36-33-30-18-15-12-9-6-3)56-50(53)44-41-38-35-31-20-17-14-11-8-5-2/h7,10,13-14,16-17,19,21-29,47H,4-6,8-9,11-12,15,18,20,30-46H2,1-3H3/b10-7-,16-13-,17-14-,21-19-,23-22-,25-24+,27-26-,29-28-. The number of unbranched alkanes of at least 4 members (excludes halogenated alkanes) is 17. The normalized spacial score (nSPS) is 13.0. The number of ether oxygens (including phenoxy) is 3. The van der Waals surface area contributed by atoms with Gasteiger partial charge in [0.05, 0.1) is 0 Å². The van der Waals surface area contributed by atoms with Gasteiger partial charge < -0.3 is 14.2 Å². The summed E-state index contributed by atoms with van der Waals surface area (Å²) >= 11 is 0. The predicted molar refractivity (Wildman–Crippen MR) is 237 cm³/mol. The van der Waals surface area contributed by atoms with Crippen LogP contribution in [0.2, 0.25) is 0 Å². The van der Waals surface area contributed by atoms with Gasteiger partial charge in [-0.05, 0) is 57.8 Å². The van der Waals surface area contributed by atoms with Crippen LogP contribution in [0, 0.1) is 0 Å². The molecule has 0 aromatic carbocycles. The molecular formula is C50H80O6. The molecule has 1 unspecified atom stereocenters. The molecule has 0 amide bonds. The summed E-state index contributed by atoms with van der Waals surface area (Å²) in [5.41, 5.74) is 0. The van der Waals surface area contributed by atoms with E-state index in [9.17, 15) is 14.4 Å². The van der Waals surface area contributed by atoms with Gasteiger partial charge in [-0.2, -0.15) is 0 Å². The Hall–Kier alpha value is -3.67. The van der Waals surface area contributed by atoms with E-state index >= 15 is 0 Å². The zero-order chi connectivity index (χ0) is 40.8. The molecule has 1 atom stereocenters. The summed E-state index contributed by atoms with van der Waals surface area (Å²) in [5.74, 6) is -0.972. The molecule has 0 saturated heterocycles. The molecule has 0 rings (SSSR count). The molecule has 316 valence electrons. The first-order valence-corrected chi connectivity index (χ1v) is 22.3. The van der Waals surface area contributed by atoms with Crippen LogP contribution in [0.25, 0.3) is 0 Å². The largest absolute Gasteiger partial charge is 0.462 e. The van der Waals surface area contributed by atoms with E-state index in [2.05, 4.69) is 45.1 Å². The highest BCUT2D eigenvalue weighted by molar-refractivity contribution is 5.71. The van der Waals surface area contributed by atoms with Crippen LogP contribution < -0.4 is 0 Å². The second-order valence-corrected chi connectivity index (χ2v) is 14.4. The predicted octanol–water partition coefficient (Wildman–Crippen LogP) is 14.2. The Kier molecular flexibility index (Phi) is 41.2. The topological polar surface area (TPSA) is 78.9 Å². The monoisotopic (exact) mass is 777 g/mol. The van der Waals surface area contributed by atoms with E-state index in [0.29, 0.717) is 19.3 Å². The molecule has 0 aliphatic rings. The van der Waals surface area contributed by atoms with Gasteiger partial charge in [0.1, 0.15) is 13.2 Å². The molecule has 0 radical (unpaired) electrons. The minimum absolute atomic E-state index is 0.0977. The summed E-state index contributed by atoms with van der Waals surface area (Å²) in [7, 11) is 0. The van der Waals surface area contributed by atoms with Crippen molar-refractivity contribution in [1.82, 2.24) is 0 Å². The minimum atomic E-state index is -0.798. The van der Waals surface area contributed by atoms with E-state index in [1.165, 1.54) is 51.4 Å². The van der Waals surface area contributed by atoms with E-state index < -0.39 is 6.10 Å². The third-order valence-electron chi connectivity index (χ3n) is 9.02. The van der Waals surface area contributed by atoms with Crippen LogP contribution in [-0.4, -0.2) is 37.2 Å². The minimum Gasteiger partial charge on any atom is -0.462 e. The van der Waals surface area contributed by atoms with Crippen molar-refractivity contribution in [3.63, 3.8) is 0 Å². The van der Waals surface area contributed by atoms with Gasteiger partial charge in [0.25, 0.3) is 0 Å². The smallest absolute Gasteiger partial charge is 0.306 e. The van der Waals surface area contributed by atoms with Crippen LogP contribution in [-0.2, 0) is 28.6 Å². The molecule has 0 aliphatic heterocycles. The molecule has 6 heteroatoms. The Bertz CT molecular complexity index is 1170. The van der Waals surface area contributed by atoms with Crippen molar-refractivity contribution in [3.8, 4) is 0 Å². The molecule has 0 aromatic rings. The first kappa shape index (κ1) is 52.3. The lowest BCUT2D eigenvalue weighted by molar-refractivity contribution is -0.167. The summed E-state index contributed by atoms with van der Waals surface area (Å²) in [5, 5.41) is 0. The third kappa shape index (κ3) is 41.5. The summed E-state index contributed by atoms with van der Waals surface area (Å²) in [6.45, 7) is 6.34. The van der Waals surface area contributed by atoms with Crippen molar-refractivity contribution in [2.24, 2.45) is 0 Å². The number of esters is 3. The van der Waals surface area contributed by atoms with Gasteiger partial charge in [-0.1, -0.05) is 201 Å². The van der Waals surface area contributed by atoms with E-state index in [4.69, 9.17) is 14.2 Å². The Balaban J connectivity index is 4.47. The van der Waals surface area contributed by atoms with Crippen LogP contribution in [0.1, 0.15) is 181 Å². The van der Waals surface area contributed by atoms with Crippen LogP contribution in [0.15, 0.2) is 97.2 Å². The number of rotatable bonds is 38. The van der Waals surface area contributed by atoms with Crippen molar-refractivity contribution < 1.29 is 28.6 Å². The fourth-order valence-corrected chi connectivity index (χ4v) is 5.64. The van der Waals surface area contributed by atoms with Crippen molar-refractivity contribution in [1.29, 1.82) is 0 Å². The molecule has 0 fully saturated rings. The average molecular weight is 777 g/mol. The molecule has 0 aliphatic carbocycles. The quantitative estimate of drug-likeness (QED) is 0.0204. The Morgan fingerprint density at radius 3 is 1.21 bits per heavy atom. The number of allylic oxidation sites excluding steroid dienone is 16. The van der Waals surface area contributed by atoms with Gasteiger partial charge in [-0.3, -0.25) is 14.4 Å². The Morgan fingerprint density at radius 2 is 0.732 bits per heavy atom. The van der Waals surface area contributed by atoms with E-state index in [1.807, 2.05) is 72.9 Å². The number of carbonyl (C=O) groups is 3. The fraction of sp³-hybridized carbons (Fsp3) is 0.620. The Morgan fingerprint density at radius 1 is 0.375 bits per heavy atom. The second kappa shape index (κ2) is 44.0. The van der Waals surface area contributed by atoms with E-state index in [-0.39, 0.29) is 31.1 Å². The third-order valence-corrected chi connectivity index (χ3v) is 9.02. The van der Waals surface area contributed by atoms with Gasteiger partial charge in [0.15, 0.2) is 6.10 Å². The first-order chi connectivity index (χ1) is 27.5. The zero-order valence-electron chi connectivity index (χ0n) is 35.9. The van der Waals surface area contributed by atoms with Crippen LogP contribution in [0.5, 0.6) is 0 Å². The molecule has 0 heterocycles. The number of carbonyl (C=O) groups excluding carboxylic acids is 3. The molecule has 56 heavy (non-hydrogen) atoms. The summed E-state index contributed by atoms with van der Waals surface area (Å²) in [6.07, 6.45) is 56.7. The van der Waals surface area contributed by atoms with E-state index in [0.717, 1.165) is 89.9 Å². The molecule has 0 bridgehead atoms. The lowest BCUT2D eigenvalue weighted by Gasteiger charge is -2.18. The van der Waals surface area contributed by atoms with Crippen LogP contribution in [0.4, 0.5) is 0 Å². The molecule has 6 nitrogen and oxygen atoms in total. The van der Waals surface area contributed by atoms with Crippen LogP contribution >= 0.6 is 0 Å². The van der Waals surface area contributed by atoms with Gasteiger partial charge in [0, 0.05) is 19.3 Å². The molecular weight excluding hydrogens is 697 g/mol. The fourth-order valence-electron chi connectivity index (χ4n) is 5.64. The summed E-state index contributed by atoms with van der Waals surface area (Å²) in [6, 6.07) is 0. The maximum Gasteiger partial charge on any atom is 0.306 e. The summed E-state index contributed by atoms with van der Waals surface area (Å²) < 4.78 is 16.6. The van der Waals surface area contributed by atoms with Crippen molar-refractivity contribution in [3.05, 3.63) is 97.2 Å². The maximum absolute atomic E-state index is 12.7.